The lowest BCUT2D eigenvalue weighted by Crippen LogP contribution is -2.44. The molecule has 28 heavy (non-hydrogen) atoms. The fourth-order valence-corrected chi connectivity index (χ4v) is 3.76. The highest BCUT2D eigenvalue weighted by molar-refractivity contribution is 6.34. The van der Waals surface area contributed by atoms with E-state index < -0.39 is 12.0 Å². The van der Waals surface area contributed by atoms with E-state index in [1.807, 2.05) is 18.2 Å². The van der Waals surface area contributed by atoms with Gasteiger partial charge in [0.25, 0.3) is 5.91 Å². The molecule has 0 radical (unpaired) electrons. The van der Waals surface area contributed by atoms with Crippen molar-refractivity contribution < 1.29 is 9.18 Å². The molecule has 0 fully saturated rings. The first-order valence-electron chi connectivity index (χ1n) is 8.95. The number of aromatic amines is 1. The van der Waals surface area contributed by atoms with Crippen LogP contribution in [0, 0.1) is 5.82 Å². The summed E-state index contributed by atoms with van der Waals surface area (Å²) in [5.74, 6) is -0.671. The molecule has 1 aliphatic heterocycles. The first kappa shape index (κ1) is 18.5. The van der Waals surface area contributed by atoms with Crippen LogP contribution in [0.3, 0.4) is 0 Å². The summed E-state index contributed by atoms with van der Waals surface area (Å²) in [6.45, 7) is 6.20. The Labute approximate surface area is 167 Å². The highest BCUT2D eigenvalue weighted by atomic mass is 35.5. The Balaban J connectivity index is 1.92. The van der Waals surface area contributed by atoms with E-state index in [9.17, 15) is 9.18 Å². The molecule has 0 unspecified atom stereocenters. The van der Waals surface area contributed by atoms with Crippen LogP contribution in [-0.4, -0.2) is 16.1 Å². The summed E-state index contributed by atoms with van der Waals surface area (Å²) in [7, 11) is 0. The number of amides is 1. The largest absolute Gasteiger partial charge is 0.360 e. The number of hydrogen-bond donors (Lipinski definition) is 2. The van der Waals surface area contributed by atoms with E-state index in [-0.39, 0.29) is 16.3 Å². The summed E-state index contributed by atoms with van der Waals surface area (Å²) < 4.78 is 13.6. The van der Waals surface area contributed by atoms with Crippen molar-refractivity contribution in [3.63, 3.8) is 0 Å². The Hall–Kier alpha value is -2.86. The summed E-state index contributed by atoms with van der Waals surface area (Å²) in [5.41, 5.74) is 3.21. The van der Waals surface area contributed by atoms with Gasteiger partial charge in [-0.1, -0.05) is 44.5 Å². The normalized spacial score (nSPS) is 16.7. The molecule has 0 saturated heterocycles. The van der Waals surface area contributed by atoms with E-state index >= 15 is 0 Å². The number of carbonyl (C=O) groups excluding carboxylic acids is 1. The number of rotatable bonds is 2. The lowest BCUT2D eigenvalue weighted by Gasteiger charge is -2.39. The number of halogens is 2. The average Bonchev–Trinajstić information content (AvgIpc) is 3.13. The van der Waals surface area contributed by atoms with E-state index in [1.54, 1.807) is 17.2 Å². The van der Waals surface area contributed by atoms with Gasteiger partial charge in [0.1, 0.15) is 12.0 Å². The van der Waals surface area contributed by atoms with Crippen molar-refractivity contribution in [2.75, 3.05) is 10.2 Å². The van der Waals surface area contributed by atoms with Crippen LogP contribution < -0.4 is 10.2 Å². The predicted octanol–water partition coefficient (Wildman–Crippen LogP) is 5.27. The molecule has 5 nitrogen and oxygen atoms in total. The predicted molar refractivity (Wildman–Crippen MR) is 108 cm³/mol. The minimum atomic E-state index is -0.543. The molecule has 7 heteroatoms. The monoisotopic (exact) mass is 398 g/mol. The van der Waals surface area contributed by atoms with Gasteiger partial charge in [-0.25, -0.2) is 4.39 Å². The van der Waals surface area contributed by atoms with Crippen LogP contribution in [0.5, 0.6) is 0 Å². The van der Waals surface area contributed by atoms with E-state index in [1.165, 1.54) is 18.2 Å². The molecular formula is C21H20ClFN4O. The van der Waals surface area contributed by atoms with Gasteiger partial charge < -0.3 is 5.32 Å². The number of hydrogen-bond acceptors (Lipinski definition) is 3. The number of carbonyl (C=O) groups is 1. The second-order valence-electron chi connectivity index (χ2n) is 7.81. The van der Waals surface area contributed by atoms with Crippen LogP contribution in [0.4, 0.5) is 15.8 Å². The Bertz CT molecular complexity index is 1060. The number of aromatic nitrogens is 2. The zero-order valence-corrected chi connectivity index (χ0v) is 16.5. The van der Waals surface area contributed by atoms with Gasteiger partial charge in [0.15, 0.2) is 0 Å². The first-order chi connectivity index (χ1) is 13.3. The third-order valence-electron chi connectivity index (χ3n) is 4.81. The zero-order chi connectivity index (χ0) is 20.1. The maximum atomic E-state index is 13.6. The molecule has 0 aliphatic carbocycles. The summed E-state index contributed by atoms with van der Waals surface area (Å²) in [6, 6.07) is 11.3. The second-order valence-corrected chi connectivity index (χ2v) is 8.22. The first-order valence-corrected chi connectivity index (χ1v) is 9.33. The molecule has 0 saturated carbocycles. The third-order valence-corrected chi connectivity index (χ3v) is 5.11. The average molecular weight is 399 g/mol. The van der Waals surface area contributed by atoms with E-state index in [0.717, 1.165) is 16.9 Å². The molecule has 144 valence electrons. The van der Waals surface area contributed by atoms with Crippen LogP contribution in [0.1, 0.15) is 48.6 Å². The summed E-state index contributed by atoms with van der Waals surface area (Å²) >= 11 is 6.33. The maximum absolute atomic E-state index is 13.6. The summed E-state index contributed by atoms with van der Waals surface area (Å²) in [5, 5.41) is 10.9. The molecule has 4 rings (SSSR count). The van der Waals surface area contributed by atoms with Crippen LogP contribution in [0.25, 0.3) is 0 Å². The van der Waals surface area contributed by atoms with E-state index in [4.69, 9.17) is 11.6 Å². The van der Waals surface area contributed by atoms with Crippen molar-refractivity contribution in [2.45, 2.75) is 32.4 Å². The van der Waals surface area contributed by atoms with Gasteiger partial charge >= 0.3 is 0 Å². The minimum absolute atomic E-state index is 0.167. The molecule has 1 amide bonds. The molecule has 2 aromatic carbocycles. The number of H-pyrrole nitrogens is 1. The van der Waals surface area contributed by atoms with Gasteiger partial charge in [-0.3, -0.25) is 14.8 Å². The minimum Gasteiger partial charge on any atom is -0.360 e. The molecule has 2 N–H and O–H groups in total. The van der Waals surface area contributed by atoms with Gasteiger partial charge in [0.05, 0.1) is 22.5 Å². The number of fused-ring (bicyclic) bond motifs is 1. The molecule has 0 spiro atoms. The van der Waals surface area contributed by atoms with E-state index in [2.05, 4.69) is 36.3 Å². The Kier molecular flexibility index (Phi) is 4.38. The van der Waals surface area contributed by atoms with Crippen molar-refractivity contribution in [1.29, 1.82) is 0 Å². The lowest BCUT2D eigenvalue weighted by molar-refractivity contribution is 0.0974. The fourth-order valence-electron chi connectivity index (χ4n) is 3.50. The van der Waals surface area contributed by atoms with Crippen LogP contribution in [-0.2, 0) is 5.41 Å². The number of benzene rings is 2. The maximum Gasteiger partial charge on any atom is 0.262 e. The third kappa shape index (κ3) is 3.03. The molecule has 1 aromatic heterocycles. The molecule has 1 aliphatic rings. The summed E-state index contributed by atoms with van der Waals surface area (Å²) in [4.78, 5) is 15.0. The molecule has 3 aromatic rings. The Morgan fingerprint density at radius 1 is 1.18 bits per heavy atom. The van der Waals surface area contributed by atoms with E-state index in [0.29, 0.717) is 11.3 Å². The van der Waals surface area contributed by atoms with Crippen molar-refractivity contribution in [1.82, 2.24) is 10.2 Å². The topological polar surface area (TPSA) is 61.0 Å². The highest BCUT2D eigenvalue weighted by Crippen LogP contribution is 2.41. The van der Waals surface area contributed by atoms with Gasteiger partial charge in [-0.05, 0) is 30.3 Å². The molecule has 0 bridgehead atoms. The number of anilines is 2. The van der Waals surface area contributed by atoms with Crippen molar-refractivity contribution in [3.05, 3.63) is 76.3 Å². The molecule has 2 heterocycles. The second kappa shape index (κ2) is 6.63. The Morgan fingerprint density at radius 3 is 2.64 bits per heavy atom. The SMILES string of the molecule is CC(C)(C)c1[nH]ncc1[C@H]1Nc2ccccc2C(=O)N1c1ccc(F)cc1Cl. The van der Waals surface area contributed by atoms with Crippen LogP contribution in [0.15, 0.2) is 48.7 Å². The Morgan fingerprint density at radius 2 is 1.93 bits per heavy atom. The van der Waals surface area contributed by atoms with Crippen LogP contribution >= 0.6 is 11.6 Å². The van der Waals surface area contributed by atoms with Gasteiger partial charge in [0, 0.05) is 22.4 Å². The summed E-state index contributed by atoms with van der Waals surface area (Å²) in [6.07, 6.45) is 1.17. The highest BCUT2D eigenvalue weighted by Gasteiger charge is 2.38. The zero-order valence-electron chi connectivity index (χ0n) is 15.8. The quantitative estimate of drug-likeness (QED) is 0.618. The fraction of sp³-hybridized carbons (Fsp3) is 0.238. The number of para-hydroxylation sites is 1. The van der Waals surface area contributed by atoms with Crippen LogP contribution in [0.2, 0.25) is 5.02 Å². The lowest BCUT2D eigenvalue weighted by atomic mass is 9.88. The smallest absolute Gasteiger partial charge is 0.262 e. The number of nitrogens with zero attached hydrogens (tertiary/aromatic N) is 2. The van der Waals surface area contributed by atoms with Crippen molar-refractivity contribution >= 4 is 28.9 Å². The standard InChI is InChI=1S/C21H20ClFN4O/c1-21(2,3)18-14(11-24-26-18)19-25-16-7-5-4-6-13(16)20(28)27(19)17-9-8-12(23)10-15(17)22/h4-11,19,25H,1-3H3,(H,24,26)/t19-/m0/s1. The number of nitrogens with one attached hydrogen (secondary N) is 2. The van der Waals surface area contributed by atoms with Gasteiger partial charge in [-0.15, -0.1) is 0 Å². The van der Waals surface area contributed by atoms with Gasteiger partial charge in [-0.2, -0.15) is 5.10 Å². The molecule has 1 atom stereocenters. The van der Waals surface area contributed by atoms with Gasteiger partial charge in [0.2, 0.25) is 0 Å². The van der Waals surface area contributed by atoms with Crippen molar-refractivity contribution in [2.24, 2.45) is 0 Å². The molecular weight excluding hydrogens is 379 g/mol. The van der Waals surface area contributed by atoms with Crippen molar-refractivity contribution in [3.8, 4) is 0 Å².